The Bertz CT molecular complexity index is 815. The first-order chi connectivity index (χ1) is 11.3. The predicted molar refractivity (Wildman–Crippen MR) is 92.2 cm³/mol. The Morgan fingerprint density at radius 3 is 2.58 bits per heavy atom. The Balaban J connectivity index is 2.23. The highest BCUT2D eigenvalue weighted by Crippen LogP contribution is 2.23. The van der Waals surface area contributed by atoms with E-state index in [-0.39, 0.29) is 22.8 Å². The third kappa shape index (κ3) is 4.24. The summed E-state index contributed by atoms with van der Waals surface area (Å²) in [5, 5.41) is 12.2. The quantitative estimate of drug-likeness (QED) is 0.814. The van der Waals surface area contributed by atoms with Gasteiger partial charge in [0.05, 0.1) is 0 Å². The molecule has 1 aromatic heterocycles. The van der Waals surface area contributed by atoms with Gasteiger partial charge < -0.3 is 14.8 Å². The number of carbonyl (C=O) groups is 2. The van der Waals surface area contributed by atoms with E-state index in [4.69, 9.17) is 21.1 Å². The van der Waals surface area contributed by atoms with Crippen LogP contribution in [0.5, 0.6) is 0 Å². The summed E-state index contributed by atoms with van der Waals surface area (Å²) in [6.07, 6.45) is 1.92. The first-order valence-electron chi connectivity index (χ1n) is 7.07. The average molecular weight is 370 g/mol. The minimum Gasteiger partial charge on any atom is -0.478 e. The summed E-state index contributed by atoms with van der Waals surface area (Å²) >= 11 is 6.04. The lowest BCUT2D eigenvalue weighted by molar-refractivity contribution is 0.0694. The second kappa shape index (κ2) is 7.63. The van der Waals surface area contributed by atoms with Gasteiger partial charge in [-0.1, -0.05) is 18.5 Å². The summed E-state index contributed by atoms with van der Waals surface area (Å²) in [4.78, 5) is 23.4. The van der Waals surface area contributed by atoms with Crippen LogP contribution in [0.1, 0.15) is 39.2 Å². The van der Waals surface area contributed by atoms with Crippen molar-refractivity contribution >= 4 is 40.0 Å². The molecular formula is C16H16ClNO5S. The Labute approximate surface area is 146 Å². The minimum absolute atomic E-state index is 0.0270. The summed E-state index contributed by atoms with van der Waals surface area (Å²) in [6.45, 7) is 1.74. The number of nitrogens with one attached hydrogen (secondary N) is 1. The summed E-state index contributed by atoms with van der Waals surface area (Å²) in [6, 6.07) is 6.03. The zero-order valence-electron chi connectivity index (χ0n) is 13.1. The van der Waals surface area contributed by atoms with Gasteiger partial charge in [-0.3, -0.25) is 9.00 Å². The van der Waals surface area contributed by atoms with Crippen molar-refractivity contribution in [2.45, 2.75) is 19.1 Å². The van der Waals surface area contributed by atoms with Gasteiger partial charge in [0.1, 0.15) is 11.3 Å². The zero-order chi connectivity index (χ0) is 17.9. The van der Waals surface area contributed by atoms with Gasteiger partial charge in [0.25, 0.3) is 5.91 Å². The number of aromatic carboxylic acids is 1. The highest BCUT2D eigenvalue weighted by molar-refractivity contribution is 7.83. The van der Waals surface area contributed by atoms with Gasteiger partial charge >= 0.3 is 5.97 Å². The Morgan fingerprint density at radius 2 is 2.04 bits per heavy atom. The van der Waals surface area contributed by atoms with E-state index in [9.17, 15) is 13.8 Å². The Morgan fingerprint density at radius 1 is 1.33 bits per heavy atom. The van der Waals surface area contributed by atoms with Gasteiger partial charge in [-0.15, -0.1) is 0 Å². The van der Waals surface area contributed by atoms with Gasteiger partial charge in [-0.05, 0) is 23.8 Å². The number of halogens is 1. The third-order valence-electron chi connectivity index (χ3n) is 3.25. The second-order valence-electron chi connectivity index (χ2n) is 5.08. The van der Waals surface area contributed by atoms with E-state index in [1.165, 1.54) is 6.07 Å². The topological polar surface area (TPSA) is 96.6 Å². The van der Waals surface area contributed by atoms with E-state index < -0.39 is 22.7 Å². The van der Waals surface area contributed by atoms with Crippen molar-refractivity contribution in [3.63, 3.8) is 0 Å². The molecule has 0 saturated carbocycles. The van der Waals surface area contributed by atoms with Crippen LogP contribution in [0.2, 0.25) is 5.02 Å². The van der Waals surface area contributed by atoms with Gasteiger partial charge in [-0.25, -0.2) is 4.79 Å². The normalized spacial score (nSPS) is 12.0. The number of carboxylic acid groups (broad SMARTS) is 1. The van der Waals surface area contributed by atoms with E-state index >= 15 is 0 Å². The number of benzene rings is 1. The van der Waals surface area contributed by atoms with Crippen LogP contribution < -0.4 is 5.32 Å². The lowest BCUT2D eigenvalue weighted by Crippen LogP contribution is -2.11. The molecule has 8 heteroatoms. The van der Waals surface area contributed by atoms with Crippen LogP contribution in [0.25, 0.3) is 0 Å². The van der Waals surface area contributed by atoms with Crippen molar-refractivity contribution in [2.24, 2.45) is 0 Å². The molecule has 0 saturated heterocycles. The molecule has 0 spiro atoms. The fraction of sp³-hybridized carbons (Fsp3) is 0.250. The molecular weight excluding hydrogens is 354 g/mol. The first kappa shape index (κ1) is 18.2. The minimum atomic E-state index is -1.14. The van der Waals surface area contributed by atoms with Crippen LogP contribution in [-0.4, -0.2) is 27.4 Å². The molecule has 0 aliphatic carbocycles. The standard InChI is InChI=1S/C16H16ClNO5S/c1-3-13-11(16(20)21)7-14(23-13)15(19)18-10-4-5-12(17)9(6-10)8-24(2)22/h4-7H,3,8H2,1-2H3,(H,18,19)(H,20,21). The summed E-state index contributed by atoms with van der Waals surface area (Å²) < 4.78 is 16.7. The van der Waals surface area contributed by atoms with Crippen LogP contribution in [0.15, 0.2) is 28.7 Å². The average Bonchev–Trinajstić information content (AvgIpc) is 2.94. The number of hydrogen-bond acceptors (Lipinski definition) is 4. The first-order valence-corrected chi connectivity index (χ1v) is 9.18. The number of hydrogen-bond donors (Lipinski definition) is 2. The summed E-state index contributed by atoms with van der Waals surface area (Å²) in [7, 11) is -1.07. The number of carboxylic acids is 1. The smallest absolute Gasteiger partial charge is 0.339 e. The fourth-order valence-corrected chi connectivity index (χ4v) is 3.10. The van der Waals surface area contributed by atoms with Gasteiger partial charge in [0, 0.05) is 46.0 Å². The molecule has 1 aromatic carbocycles. The maximum Gasteiger partial charge on any atom is 0.339 e. The monoisotopic (exact) mass is 369 g/mol. The lowest BCUT2D eigenvalue weighted by atomic mass is 10.2. The molecule has 0 aliphatic rings. The van der Waals surface area contributed by atoms with E-state index in [2.05, 4.69) is 5.32 Å². The van der Waals surface area contributed by atoms with Crippen LogP contribution in [-0.2, 0) is 23.0 Å². The molecule has 1 unspecified atom stereocenters. The number of furan rings is 1. The highest BCUT2D eigenvalue weighted by Gasteiger charge is 2.20. The maximum absolute atomic E-state index is 12.2. The number of aryl methyl sites for hydroxylation is 1. The van der Waals surface area contributed by atoms with E-state index in [0.29, 0.717) is 22.7 Å². The van der Waals surface area contributed by atoms with E-state index in [1.807, 2.05) is 0 Å². The van der Waals surface area contributed by atoms with Crippen molar-refractivity contribution in [1.29, 1.82) is 0 Å². The van der Waals surface area contributed by atoms with Gasteiger partial charge in [-0.2, -0.15) is 0 Å². The molecule has 128 valence electrons. The molecule has 0 radical (unpaired) electrons. The fourth-order valence-electron chi connectivity index (χ4n) is 2.16. The number of carbonyl (C=O) groups excluding carboxylic acids is 1. The van der Waals surface area contributed by atoms with Crippen molar-refractivity contribution in [3.05, 3.63) is 51.9 Å². The molecule has 1 heterocycles. The van der Waals surface area contributed by atoms with Crippen LogP contribution in [0, 0.1) is 0 Å². The zero-order valence-corrected chi connectivity index (χ0v) is 14.7. The molecule has 6 nitrogen and oxygen atoms in total. The SMILES string of the molecule is CCc1oc(C(=O)Nc2ccc(Cl)c(CS(C)=O)c2)cc1C(=O)O. The van der Waals surface area contributed by atoms with Crippen LogP contribution in [0.4, 0.5) is 5.69 Å². The molecule has 24 heavy (non-hydrogen) atoms. The molecule has 1 amide bonds. The van der Waals surface area contributed by atoms with Crippen molar-refractivity contribution in [2.75, 3.05) is 11.6 Å². The molecule has 0 fully saturated rings. The molecule has 1 atom stereocenters. The number of anilines is 1. The second-order valence-corrected chi connectivity index (χ2v) is 6.93. The predicted octanol–water partition coefficient (Wildman–Crippen LogP) is 3.32. The van der Waals surface area contributed by atoms with E-state index in [0.717, 1.165) is 0 Å². The molecule has 2 N–H and O–H groups in total. The third-order valence-corrected chi connectivity index (χ3v) is 4.33. The number of amides is 1. The Kier molecular flexibility index (Phi) is 5.80. The van der Waals surface area contributed by atoms with Crippen molar-refractivity contribution < 1.29 is 23.3 Å². The molecule has 2 rings (SSSR count). The van der Waals surface area contributed by atoms with Crippen LogP contribution >= 0.6 is 11.6 Å². The largest absolute Gasteiger partial charge is 0.478 e. The molecule has 0 aliphatic heterocycles. The lowest BCUT2D eigenvalue weighted by Gasteiger charge is -2.07. The summed E-state index contributed by atoms with van der Waals surface area (Å²) in [5.41, 5.74) is 1.08. The van der Waals surface area contributed by atoms with Crippen molar-refractivity contribution in [1.82, 2.24) is 0 Å². The van der Waals surface area contributed by atoms with Crippen LogP contribution in [0.3, 0.4) is 0 Å². The highest BCUT2D eigenvalue weighted by atomic mass is 35.5. The summed E-state index contributed by atoms with van der Waals surface area (Å²) in [5.74, 6) is -1.28. The van der Waals surface area contributed by atoms with Crippen molar-refractivity contribution in [3.8, 4) is 0 Å². The Hall–Kier alpha value is -2.12. The van der Waals surface area contributed by atoms with Gasteiger partial charge in [0.2, 0.25) is 0 Å². The molecule has 0 bridgehead atoms. The molecule has 2 aromatic rings. The van der Waals surface area contributed by atoms with Gasteiger partial charge in [0.15, 0.2) is 5.76 Å². The maximum atomic E-state index is 12.2. The number of rotatable bonds is 6. The van der Waals surface area contributed by atoms with E-state index in [1.54, 1.807) is 31.4 Å².